The molecule has 5 heterocycles. The number of anilines is 2. The number of fused-ring (bicyclic) bond motifs is 4. The van der Waals surface area contributed by atoms with Gasteiger partial charge in [-0.2, -0.15) is 13.2 Å². The number of hydrogen-bond donors (Lipinski definition) is 2. The predicted octanol–water partition coefficient (Wildman–Crippen LogP) is 5.42. The van der Waals surface area contributed by atoms with Crippen molar-refractivity contribution < 1.29 is 37.0 Å². The fraction of sp³-hybridized carbons (Fsp3) is 0.571. The number of benzene rings is 2. The first-order chi connectivity index (χ1) is 23.8. The Kier molecular flexibility index (Phi) is 9.44. The molecule has 1 spiro atoms. The summed E-state index contributed by atoms with van der Waals surface area (Å²) in [5.74, 6) is -0.447. The summed E-state index contributed by atoms with van der Waals surface area (Å²) in [6.45, 7) is 2.58. The molecule has 4 fully saturated rings. The van der Waals surface area contributed by atoms with Crippen molar-refractivity contribution in [1.29, 1.82) is 0 Å². The fourth-order valence-corrected chi connectivity index (χ4v) is 9.09. The molecule has 5 aliphatic heterocycles. The number of nitrogens with two attached hydrogens (primary N) is 1. The fourth-order valence-electron chi connectivity index (χ4n) is 8.59. The molecule has 3 amide bonds. The SMILES string of the molecule is CN1C2CCC1CC(N1CCN(C(=O)[C@@H](Cc3cc(Br)c(N)c(C(F)(F)F)c3)OC(=O)N3CCC4(CC3)OC(=O)Nc3ccccc34)CC1)C2. The largest absolute Gasteiger partial charge is 0.438 e. The highest BCUT2D eigenvalue weighted by atomic mass is 79.9. The summed E-state index contributed by atoms with van der Waals surface area (Å²) in [5.41, 5.74) is 4.98. The van der Waals surface area contributed by atoms with Crippen LogP contribution < -0.4 is 11.1 Å². The molecule has 3 N–H and O–H groups in total. The van der Waals surface area contributed by atoms with Gasteiger partial charge in [-0.05, 0) is 72.4 Å². The van der Waals surface area contributed by atoms with Gasteiger partial charge in [-0.3, -0.25) is 15.0 Å². The van der Waals surface area contributed by atoms with Gasteiger partial charge < -0.3 is 29.9 Å². The first-order valence-corrected chi connectivity index (χ1v) is 18.1. The van der Waals surface area contributed by atoms with Crippen LogP contribution in [-0.4, -0.2) is 108 Å². The van der Waals surface area contributed by atoms with Crippen molar-refractivity contribution in [2.75, 3.05) is 57.4 Å². The molecule has 0 aromatic heterocycles. The van der Waals surface area contributed by atoms with E-state index in [4.69, 9.17) is 15.2 Å². The number of hydrogen-bond acceptors (Lipinski definition) is 8. The zero-order valence-electron chi connectivity index (χ0n) is 27.9. The minimum atomic E-state index is -4.72. The van der Waals surface area contributed by atoms with Crippen LogP contribution in [0.4, 0.5) is 34.1 Å². The molecule has 2 bridgehead atoms. The zero-order chi connectivity index (χ0) is 35.4. The van der Waals surface area contributed by atoms with Crippen LogP contribution in [0.15, 0.2) is 40.9 Å². The number of nitrogen functional groups attached to an aromatic ring is 1. The number of nitrogens with zero attached hydrogens (tertiary/aromatic N) is 4. The van der Waals surface area contributed by atoms with E-state index in [2.05, 4.69) is 38.1 Å². The third kappa shape index (κ3) is 6.75. The number of halogens is 4. The third-order valence-electron chi connectivity index (χ3n) is 11.4. The van der Waals surface area contributed by atoms with E-state index < -0.39 is 47.2 Å². The lowest BCUT2D eigenvalue weighted by Crippen LogP contribution is -2.57. The Morgan fingerprint density at radius 3 is 2.34 bits per heavy atom. The Balaban J connectivity index is 1.06. The number of likely N-dealkylation sites (tertiary alicyclic amines) is 1. The molecule has 0 aliphatic carbocycles. The topological polar surface area (TPSA) is 121 Å². The maximum atomic E-state index is 14.1. The number of alkyl halides is 3. The van der Waals surface area contributed by atoms with Gasteiger partial charge in [0.05, 0.1) is 16.9 Å². The summed E-state index contributed by atoms with van der Waals surface area (Å²) in [6.07, 6.45) is -2.40. The van der Waals surface area contributed by atoms with E-state index in [0.717, 1.165) is 24.5 Å². The molecule has 7 rings (SSSR count). The Hall–Kier alpha value is -3.56. The van der Waals surface area contributed by atoms with Crippen molar-refractivity contribution in [1.82, 2.24) is 19.6 Å². The van der Waals surface area contributed by atoms with Crippen molar-refractivity contribution in [3.8, 4) is 0 Å². The van der Waals surface area contributed by atoms with Gasteiger partial charge in [-0.15, -0.1) is 0 Å². The molecule has 270 valence electrons. The molecule has 5 aliphatic rings. The summed E-state index contributed by atoms with van der Waals surface area (Å²) < 4.78 is 53.3. The molecular weight excluding hydrogens is 721 g/mol. The second kappa shape index (κ2) is 13.5. The molecule has 0 radical (unpaired) electrons. The Bertz CT molecular complexity index is 1630. The number of carbonyl (C=O) groups excluding carboxylic acids is 3. The first kappa shape index (κ1) is 34.9. The Labute approximate surface area is 297 Å². The maximum Gasteiger partial charge on any atom is 0.418 e. The molecule has 3 atom stereocenters. The van der Waals surface area contributed by atoms with Gasteiger partial charge in [0.2, 0.25) is 0 Å². The molecule has 0 saturated carbocycles. The normalized spacial score (nSPS) is 25.9. The molecule has 4 saturated heterocycles. The molecule has 2 aromatic carbocycles. The number of carbonyl (C=O) groups is 3. The zero-order valence-corrected chi connectivity index (χ0v) is 29.5. The summed E-state index contributed by atoms with van der Waals surface area (Å²) in [7, 11) is 2.21. The van der Waals surface area contributed by atoms with Crippen LogP contribution in [0, 0.1) is 0 Å². The summed E-state index contributed by atoms with van der Waals surface area (Å²) >= 11 is 3.13. The van der Waals surface area contributed by atoms with E-state index in [1.54, 1.807) is 11.0 Å². The van der Waals surface area contributed by atoms with E-state index in [1.165, 1.54) is 23.8 Å². The highest BCUT2D eigenvalue weighted by molar-refractivity contribution is 9.10. The van der Waals surface area contributed by atoms with Gasteiger partial charge in [-0.25, -0.2) is 9.59 Å². The molecular formula is C35H42BrF3N6O5. The standard InChI is InChI=1S/C35H42BrF3N6O5/c1-42-22-6-7-23(42)20-24(19-22)43-12-14-44(15-13-43)31(46)29(18-21-16-26(35(37,38)39)30(40)27(36)17-21)49-33(48)45-10-8-34(9-11-45)25-4-2-3-5-28(25)41-32(47)50-34/h2-5,16-17,22-24,29H,6-15,18-20,40H2,1H3,(H,41,47)/t22?,23?,24?,29-/m1/s1. The molecule has 11 nitrogen and oxygen atoms in total. The van der Waals surface area contributed by atoms with Crippen LogP contribution in [0.2, 0.25) is 0 Å². The number of ether oxygens (including phenoxy) is 2. The third-order valence-corrected chi connectivity index (χ3v) is 12.1. The number of amides is 3. The van der Waals surface area contributed by atoms with Gasteiger partial charge >= 0.3 is 18.4 Å². The van der Waals surface area contributed by atoms with Gasteiger partial charge in [0.15, 0.2) is 6.10 Å². The van der Waals surface area contributed by atoms with Gasteiger partial charge in [0.25, 0.3) is 5.91 Å². The molecule has 50 heavy (non-hydrogen) atoms. The number of piperidine rings is 2. The Morgan fingerprint density at radius 2 is 1.68 bits per heavy atom. The second-order valence-corrected chi connectivity index (χ2v) is 15.0. The van der Waals surface area contributed by atoms with Crippen LogP contribution in [0.3, 0.4) is 0 Å². The van der Waals surface area contributed by atoms with Crippen molar-refractivity contribution in [3.63, 3.8) is 0 Å². The first-order valence-electron chi connectivity index (χ1n) is 17.3. The minimum Gasteiger partial charge on any atom is -0.438 e. The van der Waals surface area contributed by atoms with Gasteiger partial charge in [0, 0.05) is 86.7 Å². The lowest BCUT2D eigenvalue weighted by Gasteiger charge is -2.45. The minimum absolute atomic E-state index is 0.0405. The van der Waals surface area contributed by atoms with E-state index in [-0.39, 0.29) is 29.5 Å². The number of para-hydroxylation sites is 1. The van der Waals surface area contributed by atoms with E-state index >= 15 is 0 Å². The van der Waals surface area contributed by atoms with E-state index in [1.807, 2.05) is 18.2 Å². The quantitative estimate of drug-likeness (QED) is 0.388. The molecule has 15 heteroatoms. The van der Waals surface area contributed by atoms with Crippen molar-refractivity contribution in [2.45, 2.75) is 81.0 Å². The van der Waals surface area contributed by atoms with Gasteiger partial charge in [-0.1, -0.05) is 18.2 Å². The lowest BCUT2D eigenvalue weighted by molar-refractivity contribution is -0.143. The van der Waals surface area contributed by atoms with Crippen LogP contribution >= 0.6 is 15.9 Å². The molecule has 2 aromatic rings. The van der Waals surface area contributed by atoms with Crippen molar-refractivity contribution >= 4 is 45.4 Å². The summed E-state index contributed by atoms with van der Waals surface area (Å²) in [5, 5.41) is 2.71. The summed E-state index contributed by atoms with van der Waals surface area (Å²) in [4.78, 5) is 48.2. The average Bonchev–Trinajstić information content (AvgIpc) is 3.27. The van der Waals surface area contributed by atoms with Crippen molar-refractivity contribution in [3.05, 3.63) is 57.6 Å². The average molecular weight is 764 g/mol. The molecule has 2 unspecified atom stereocenters. The Morgan fingerprint density at radius 1 is 1.02 bits per heavy atom. The second-order valence-electron chi connectivity index (χ2n) is 14.2. The predicted molar refractivity (Wildman–Crippen MR) is 182 cm³/mol. The van der Waals surface area contributed by atoms with E-state index in [0.29, 0.717) is 62.8 Å². The monoisotopic (exact) mass is 762 g/mol. The van der Waals surface area contributed by atoms with Crippen molar-refractivity contribution in [2.24, 2.45) is 0 Å². The number of nitrogens with one attached hydrogen (secondary N) is 1. The highest BCUT2D eigenvalue weighted by Gasteiger charge is 2.46. The van der Waals surface area contributed by atoms with Crippen LogP contribution in [0.25, 0.3) is 0 Å². The van der Waals surface area contributed by atoms with Crippen LogP contribution in [-0.2, 0) is 32.5 Å². The van der Waals surface area contributed by atoms with Crippen LogP contribution in [0.1, 0.15) is 55.2 Å². The summed E-state index contributed by atoms with van der Waals surface area (Å²) in [6, 6.07) is 11.3. The van der Waals surface area contributed by atoms with E-state index in [9.17, 15) is 27.6 Å². The van der Waals surface area contributed by atoms with Crippen LogP contribution in [0.5, 0.6) is 0 Å². The maximum absolute atomic E-state index is 14.1. The number of rotatable bonds is 5. The highest BCUT2D eigenvalue weighted by Crippen LogP contribution is 2.44. The lowest BCUT2D eigenvalue weighted by atomic mass is 9.82. The smallest absolute Gasteiger partial charge is 0.418 e. The number of piperazine rings is 1. The van der Waals surface area contributed by atoms with Gasteiger partial charge in [0.1, 0.15) is 5.60 Å².